The summed E-state index contributed by atoms with van der Waals surface area (Å²) in [4.78, 5) is 8.84. The molecule has 0 aliphatic heterocycles. The molecule has 0 amide bonds. The minimum atomic E-state index is 0.141. The molecule has 2 aromatic carbocycles. The predicted molar refractivity (Wildman–Crippen MR) is 98.4 cm³/mol. The molecule has 5 heteroatoms. The van der Waals surface area contributed by atoms with Crippen LogP contribution in [0.4, 0.5) is 11.6 Å². The fourth-order valence-corrected chi connectivity index (χ4v) is 2.51. The van der Waals surface area contributed by atoms with Gasteiger partial charge >= 0.3 is 0 Å². The molecule has 0 saturated heterocycles. The molecule has 0 atom stereocenters. The van der Waals surface area contributed by atoms with Gasteiger partial charge in [-0.05, 0) is 38.0 Å². The van der Waals surface area contributed by atoms with Crippen molar-refractivity contribution in [3.8, 4) is 5.75 Å². The Hall–Kier alpha value is -2.82. The first-order valence-electron chi connectivity index (χ1n) is 8.12. The molecule has 0 fully saturated rings. The second-order valence-corrected chi connectivity index (χ2v) is 5.96. The summed E-state index contributed by atoms with van der Waals surface area (Å²) < 4.78 is 5.65. The standard InChI is InChI=1S/C19H22N4O/c1-13(2)24-16-8-7-14(17(20)11-16)9-10-21-19-22-12-15-5-3-4-6-18(15)23-19/h3-8,11-13H,9-10,20H2,1-2H3,(H,21,22,23). The summed E-state index contributed by atoms with van der Waals surface area (Å²) in [5.41, 5.74) is 8.87. The van der Waals surface area contributed by atoms with Crippen LogP contribution in [0.25, 0.3) is 10.9 Å². The number of hydrogen-bond acceptors (Lipinski definition) is 5. The van der Waals surface area contributed by atoms with Crippen molar-refractivity contribution in [1.29, 1.82) is 0 Å². The number of para-hydroxylation sites is 1. The number of anilines is 2. The van der Waals surface area contributed by atoms with Crippen molar-refractivity contribution in [2.24, 2.45) is 0 Å². The van der Waals surface area contributed by atoms with E-state index in [-0.39, 0.29) is 6.10 Å². The number of hydrogen-bond donors (Lipinski definition) is 2. The van der Waals surface area contributed by atoms with E-state index in [0.717, 1.165) is 34.3 Å². The molecule has 0 bridgehead atoms. The topological polar surface area (TPSA) is 73.1 Å². The molecule has 5 nitrogen and oxygen atoms in total. The van der Waals surface area contributed by atoms with E-state index in [1.165, 1.54) is 0 Å². The van der Waals surface area contributed by atoms with Crippen LogP contribution >= 0.6 is 0 Å². The van der Waals surface area contributed by atoms with Gasteiger partial charge in [0.05, 0.1) is 11.6 Å². The minimum Gasteiger partial charge on any atom is -0.491 e. The maximum absolute atomic E-state index is 6.11. The van der Waals surface area contributed by atoms with Crippen molar-refractivity contribution in [3.05, 3.63) is 54.2 Å². The number of ether oxygens (including phenoxy) is 1. The largest absolute Gasteiger partial charge is 0.491 e. The summed E-state index contributed by atoms with van der Waals surface area (Å²) >= 11 is 0. The molecule has 0 saturated carbocycles. The highest BCUT2D eigenvalue weighted by Crippen LogP contribution is 2.21. The Bertz CT molecular complexity index is 832. The van der Waals surface area contributed by atoms with Crippen molar-refractivity contribution in [3.63, 3.8) is 0 Å². The quantitative estimate of drug-likeness (QED) is 0.678. The lowest BCUT2D eigenvalue weighted by Crippen LogP contribution is -2.10. The molecule has 1 aromatic heterocycles. The van der Waals surface area contributed by atoms with E-state index in [1.54, 1.807) is 0 Å². The SMILES string of the molecule is CC(C)Oc1ccc(CCNc2ncc3ccccc3n2)c(N)c1. The Labute approximate surface area is 141 Å². The number of nitrogens with two attached hydrogens (primary N) is 1. The summed E-state index contributed by atoms with van der Waals surface area (Å²) in [5.74, 6) is 1.43. The van der Waals surface area contributed by atoms with E-state index in [9.17, 15) is 0 Å². The van der Waals surface area contributed by atoms with Crippen LogP contribution in [0.3, 0.4) is 0 Å². The van der Waals surface area contributed by atoms with Crippen LogP contribution < -0.4 is 15.8 Å². The molecule has 0 spiro atoms. The Morgan fingerprint density at radius 3 is 2.79 bits per heavy atom. The third kappa shape index (κ3) is 3.93. The number of nitrogens with one attached hydrogen (secondary N) is 1. The van der Waals surface area contributed by atoms with Crippen LogP contribution in [0.5, 0.6) is 5.75 Å². The summed E-state index contributed by atoms with van der Waals surface area (Å²) in [7, 11) is 0. The highest BCUT2D eigenvalue weighted by Gasteiger charge is 2.04. The number of nitrogens with zero attached hydrogens (tertiary/aromatic N) is 2. The first-order chi connectivity index (χ1) is 11.6. The van der Waals surface area contributed by atoms with Crippen molar-refractivity contribution in [1.82, 2.24) is 9.97 Å². The van der Waals surface area contributed by atoms with Gasteiger partial charge in [0, 0.05) is 29.9 Å². The van der Waals surface area contributed by atoms with Crippen LogP contribution in [0.2, 0.25) is 0 Å². The zero-order valence-electron chi connectivity index (χ0n) is 14.0. The van der Waals surface area contributed by atoms with Crippen LogP contribution in [0.15, 0.2) is 48.7 Å². The molecular formula is C19H22N4O. The highest BCUT2D eigenvalue weighted by atomic mass is 16.5. The minimum absolute atomic E-state index is 0.141. The fourth-order valence-electron chi connectivity index (χ4n) is 2.51. The van der Waals surface area contributed by atoms with Gasteiger partial charge in [0.15, 0.2) is 0 Å². The van der Waals surface area contributed by atoms with E-state index in [1.807, 2.05) is 62.5 Å². The van der Waals surface area contributed by atoms with Crippen LogP contribution in [0.1, 0.15) is 19.4 Å². The van der Waals surface area contributed by atoms with Crippen LogP contribution in [0, 0.1) is 0 Å². The Balaban J connectivity index is 1.61. The predicted octanol–water partition coefficient (Wildman–Crippen LogP) is 3.65. The molecule has 124 valence electrons. The van der Waals surface area contributed by atoms with Gasteiger partial charge in [-0.25, -0.2) is 9.97 Å². The number of aromatic nitrogens is 2. The van der Waals surface area contributed by atoms with E-state index < -0.39 is 0 Å². The fraction of sp³-hybridized carbons (Fsp3) is 0.263. The summed E-state index contributed by atoms with van der Waals surface area (Å²) in [6, 6.07) is 13.8. The van der Waals surface area contributed by atoms with Crippen molar-refractivity contribution >= 4 is 22.5 Å². The third-order valence-electron chi connectivity index (χ3n) is 3.66. The summed E-state index contributed by atoms with van der Waals surface area (Å²) in [6.45, 7) is 4.71. The zero-order valence-corrected chi connectivity index (χ0v) is 14.0. The van der Waals surface area contributed by atoms with Gasteiger partial charge in [0.1, 0.15) is 5.75 Å². The lowest BCUT2D eigenvalue weighted by atomic mass is 10.1. The average Bonchev–Trinajstić information content (AvgIpc) is 2.56. The molecule has 0 radical (unpaired) electrons. The third-order valence-corrected chi connectivity index (χ3v) is 3.66. The molecule has 0 unspecified atom stereocenters. The Morgan fingerprint density at radius 1 is 1.17 bits per heavy atom. The Kier molecular flexibility index (Phi) is 4.79. The molecule has 3 rings (SSSR count). The second-order valence-electron chi connectivity index (χ2n) is 5.96. The Morgan fingerprint density at radius 2 is 2.00 bits per heavy atom. The van der Waals surface area contributed by atoms with Gasteiger partial charge < -0.3 is 15.8 Å². The zero-order chi connectivity index (χ0) is 16.9. The van der Waals surface area contributed by atoms with Crippen molar-refractivity contribution in [2.45, 2.75) is 26.4 Å². The lowest BCUT2D eigenvalue weighted by Gasteiger charge is -2.12. The van der Waals surface area contributed by atoms with Gasteiger partial charge in [-0.3, -0.25) is 0 Å². The summed E-state index contributed by atoms with van der Waals surface area (Å²) in [6.07, 6.45) is 2.77. The normalized spacial score (nSPS) is 11.0. The molecule has 0 aliphatic carbocycles. The second kappa shape index (κ2) is 7.17. The van der Waals surface area contributed by atoms with Gasteiger partial charge in [-0.2, -0.15) is 0 Å². The first-order valence-corrected chi connectivity index (χ1v) is 8.12. The van der Waals surface area contributed by atoms with Crippen LogP contribution in [-0.2, 0) is 6.42 Å². The van der Waals surface area contributed by atoms with E-state index in [4.69, 9.17) is 10.5 Å². The smallest absolute Gasteiger partial charge is 0.223 e. The summed E-state index contributed by atoms with van der Waals surface area (Å²) in [5, 5.41) is 4.29. The van der Waals surface area contributed by atoms with Gasteiger partial charge in [0.25, 0.3) is 0 Å². The van der Waals surface area contributed by atoms with E-state index >= 15 is 0 Å². The maximum Gasteiger partial charge on any atom is 0.223 e. The number of benzene rings is 2. The molecule has 3 N–H and O–H groups in total. The van der Waals surface area contributed by atoms with Crippen LogP contribution in [-0.4, -0.2) is 22.6 Å². The van der Waals surface area contributed by atoms with Gasteiger partial charge in [-0.1, -0.05) is 24.3 Å². The van der Waals surface area contributed by atoms with Crippen molar-refractivity contribution < 1.29 is 4.74 Å². The van der Waals surface area contributed by atoms with Gasteiger partial charge in [-0.15, -0.1) is 0 Å². The highest BCUT2D eigenvalue weighted by molar-refractivity contribution is 5.78. The number of fused-ring (bicyclic) bond motifs is 1. The number of rotatable bonds is 6. The monoisotopic (exact) mass is 322 g/mol. The maximum atomic E-state index is 6.11. The molecular weight excluding hydrogens is 300 g/mol. The van der Waals surface area contributed by atoms with Gasteiger partial charge in [0.2, 0.25) is 5.95 Å². The van der Waals surface area contributed by atoms with Crippen molar-refractivity contribution in [2.75, 3.05) is 17.6 Å². The molecule has 0 aliphatic rings. The average molecular weight is 322 g/mol. The number of nitrogen functional groups attached to an aromatic ring is 1. The van der Waals surface area contributed by atoms with E-state index in [0.29, 0.717) is 12.5 Å². The molecule has 24 heavy (non-hydrogen) atoms. The molecule has 1 heterocycles. The first kappa shape index (κ1) is 16.1. The van der Waals surface area contributed by atoms with E-state index in [2.05, 4.69) is 15.3 Å². The lowest BCUT2D eigenvalue weighted by molar-refractivity contribution is 0.242. The molecule has 3 aromatic rings.